The maximum Gasteiger partial charge on any atom is 0.420 e. The van der Waals surface area contributed by atoms with E-state index in [-0.39, 0.29) is 47.7 Å². The fourth-order valence-electron chi connectivity index (χ4n) is 6.19. The summed E-state index contributed by atoms with van der Waals surface area (Å²) in [7, 11) is 1.50. The van der Waals surface area contributed by atoms with Gasteiger partial charge in [0.2, 0.25) is 0 Å². The zero-order valence-corrected chi connectivity index (χ0v) is 31.7. The van der Waals surface area contributed by atoms with Gasteiger partial charge in [0.05, 0.1) is 11.1 Å². The summed E-state index contributed by atoms with van der Waals surface area (Å²) in [6, 6.07) is 15.7. The van der Waals surface area contributed by atoms with Crippen molar-refractivity contribution in [3.8, 4) is 23.0 Å². The number of amides is 3. The molecule has 312 valence electrons. The van der Waals surface area contributed by atoms with E-state index in [1.807, 2.05) is 0 Å². The molecule has 0 spiro atoms. The molecule has 6 rings (SSSR count). The summed E-state index contributed by atoms with van der Waals surface area (Å²) < 4.78 is 95.8. The number of nitrogen functional groups attached to an aromatic ring is 1. The first-order valence-corrected chi connectivity index (χ1v) is 18.6. The van der Waals surface area contributed by atoms with Crippen LogP contribution in [0.2, 0.25) is 0 Å². The molecule has 2 aliphatic rings. The first-order chi connectivity index (χ1) is 27.7. The number of nitrogens with zero attached hydrogens (tertiary/aromatic N) is 3. The van der Waals surface area contributed by atoms with Crippen molar-refractivity contribution in [2.24, 2.45) is 0 Å². The molecule has 2 aliphatic heterocycles. The number of benzene rings is 3. The third kappa shape index (κ3) is 13.2. The summed E-state index contributed by atoms with van der Waals surface area (Å²) in [6.07, 6.45) is -3.19. The molecule has 5 N–H and O–H groups in total. The Hall–Kier alpha value is -5.75. The van der Waals surface area contributed by atoms with Crippen molar-refractivity contribution in [1.82, 2.24) is 20.1 Å². The average Bonchev–Trinajstić information content (AvgIpc) is 3.91. The Kier molecular flexibility index (Phi) is 15.0. The zero-order chi connectivity index (χ0) is 41.7. The number of anilines is 3. The van der Waals surface area contributed by atoms with Gasteiger partial charge in [-0.15, -0.1) is 0 Å². The van der Waals surface area contributed by atoms with Crippen molar-refractivity contribution >= 4 is 29.0 Å². The van der Waals surface area contributed by atoms with Crippen LogP contribution in [0.4, 0.5) is 48.2 Å². The van der Waals surface area contributed by atoms with E-state index in [2.05, 4.69) is 30.7 Å². The zero-order valence-electron chi connectivity index (χ0n) is 31.7. The number of hydrogen-bond donors (Lipinski definition) is 4. The lowest BCUT2D eigenvalue weighted by Gasteiger charge is -2.18. The summed E-state index contributed by atoms with van der Waals surface area (Å²) in [5.74, 6) is 0.0463. The summed E-state index contributed by atoms with van der Waals surface area (Å²) in [4.78, 5) is 32.5. The molecule has 0 atom stereocenters. The second-order valence-electron chi connectivity index (χ2n) is 13.4. The van der Waals surface area contributed by atoms with Crippen LogP contribution in [0, 0.1) is 0 Å². The van der Waals surface area contributed by atoms with E-state index in [4.69, 9.17) is 19.9 Å². The molecule has 0 radical (unpaired) electrons. The van der Waals surface area contributed by atoms with Crippen LogP contribution in [0.15, 0.2) is 79.0 Å². The minimum atomic E-state index is -4.65. The Labute approximate surface area is 331 Å². The van der Waals surface area contributed by atoms with Crippen molar-refractivity contribution in [2.75, 3.05) is 75.9 Å². The van der Waals surface area contributed by atoms with E-state index in [0.29, 0.717) is 30.3 Å². The lowest BCUT2D eigenvalue weighted by atomic mass is 10.1. The monoisotopic (exact) mass is 817 g/mol. The van der Waals surface area contributed by atoms with E-state index in [0.717, 1.165) is 64.0 Å². The quantitative estimate of drug-likeness (QED) is 0.0777. The highest BCUT2D eigenvalue weighted by Crippen LogP contribution is 2.39. The SMILES string of the molecule is CNC(=O)c1cc(Oc2ccc(NC(=O)Nc3ccc(OCCN4CCCC4)c(C(F)(F)F)c3)cc2)ccn1.Nc1ccc(OCCN2CCCC2)c(C(F)(F)F)c1. The van der Waals surface area contributed by atoms with Crippen molar-refractivity contribution in [3.05, 3.63) is 95.8 Å². The van der Waals surface area contributed by atoms with Gasteiger partial charge >= 0.3 is 18.4 Å². The lowest BCUT2D eigenvalue weighted by Crippen LogP contribution is -2.25. The van der Waals surface area contributed by atoms with Crippen molar-refractivity contribution in [1.29, 1.82) is 0 Å². The lowest BCUT2D eigenvalue weighted by molar-refractivity contribution is -0.139. The van der Waals surface area contributed by atoms with Gasteiger partial charge in [0.15, 0.2) is 0 Å². The van der Waals surface area contributed by atoms with E-state index < -0.39 is 29.5 Å². The van der Waals surface area contributed by atoms with Gasteiger partial charge in [0.1, 0.15) is 41.9 Å². The van der Waals surface area contributed by atoms with Crippen LogP contribution in [0.5, 0.6) is 23.0 Å². The standard InChI is InChI=1S/C27H28F3N5O4.C13H17F3N2O/c1-31-25(36)23-17-21(10-11-32-23)39-20-7-4-18(5-8-20)33-26(37)34-19-6-9-24(22(16-19)27(28,29)30)38-15-14-35-12-2-3-13-35;14-13(15,16)11-9-10(17)3-4-12(11)19-8-7-18-5-1-2-6-18/h4-11,16-17H,2-3,12-15H2,1H3,(H,31,36)(H2,33,34,37);3-4,9H,1-2,5-8,17H2. The number of urea groups is 1. The van der Waals surface area contributed by atoms with E-state index >= 15 is 0 Å². The highest BCUT2D eigenvalue weighted by molar-refractivity contribution is 5.99. The third-order valence-corrected chi connectivity index (χ3v) is 9.12. The first kappa shape index (κ1) is 43.4. The van der Waals surface area contributed by atoms with Crippen LogP contribution in [0.1, 0.15) is 47.3 Å². The highest BCUT2D eigenvalue weighted by atomic mass is 19.4. The fraction of sp³-hybridized carbons (Fsp3) is 0.375. The van der Waals surface area contributed by atoms with Crippen molar-refractivity contribution in [3.63, 3.8) is 0 Å². The van der Waals surface area contributed by atoms with E-state index in [1.165, 1.54) is 43.6 Å². The predicted molar refractivity (Wildman–Crippen MR) is 206 cm³/mol. The van der Waals surface area contributed by atoms with Crippen LogP contribution < -0.4 is 35.9 Å². The number of alkyl halides is 6. The van der Waals surface area contributed by atoms with Gasteiger partial charge in [-0.3, -0.25) is 19.6 Å². The molecular formula is C40H45F6N7O5. The molecule has 1 aromatic heterocycles. The van der Waals surface area contributed by atoms with Crippen molar-refractivity contribution in [2.45, 2.75) is 38.0 Å². The molecule has 12 nitrogen and oxygen atoms in total. The number of ether oxygens (including phenoxy) is 3. The molecule has 18 heteroatoms. The van der Waals surface area contributed by atoms with Crippen LogP contribution in [-0.4, -0.2) is 86.3 Å². The molecule has 0 saturated carbocycles. The van der Waals surface area contributed by atoms with Crippen LogP contribution in [-0.2, 0) is 12.4 Å². The second-order valence-corrected chi connectivity index (χ2v) is 13.4. The minimum Gasteiger partial charge on any atom is -0.492 e. The third-order valence-electron chi connectivity index (χ3n) is 9.12. The number of pyridine rings is 1. The number of carbonyl (C=O) groups is 2. The molecule has 0 unspecified atom stereocenters. The summed E-state index contributed by atoms with van der Waals surface area (Å²) in [6.45, 7) is 5.46. The number of halogens is 6. The van der Waals surface area contributed by atoms with Crippen LogP contribution >= 0.6 is 0 Å². The predicted octanol–water partition coefficient (Wildman–Crippen LogP) is 8.13. The van der Waals surface area contributed by atoms with Gasteiger partial charge in [-0.2, -0.15) is 26.3 Å². The number of nitrogens with two attached hydrogens (primary N) is 1. The number of likely N-dealkylation sites (tertiary alicyclic amines) is 2. The maximum atomic E-state index is 13.7. The molecule has 3 amide bonds. The number of hydrogen-bond acceptors (Lipinski definition) is 9. The largest absolute Gasteiger partial charge is 0.492 e. The van der Waals surface area contributed by atoms with Crippen LogP contribution in [0.25, 0.3) is 0 Å². The molecule has 2 fully saturated rings. The average molecular weight is 818 g/mol. The molecule has 3 aromatic carbocycles. The van der Waals surface area contributed by atoms with Gasteiger partial charge in [-0.05, 0) is 119 Å². The first-order valence-electron chi connectivity index (χ1n) is 18.6. The smallest absolute Gasteiger partial charge is 0.420 e. The number of rotatable bonds is 13. The number of nitrogens with one attached hydrogen (secondary N) is 3. The second kappa shape index (κ2) is 20.1. The maximum absolute atomic E-state index is 13.7. The number of aromatic nitrogens is 1. The molecule has 58 heavy (non-hydrogen) atoms. The Morgan fingerprint density at radius 1 is 0.690 bits per heavy atom. The summed E-state index contributed by atoms with van der Waals surface area (Å²) in [5.41, 5.74) is 4.25. The molecule has 2 saturated heterocycles. The van der Waals surface area contributed by atoms with Gasteiger partial charge < -0.3 is 35.9 Å². The van der Waals surface area contributed by atoms with Gasteiger partial charge in [-0.1, -0.05) is 0 Å². The molecule has 3 heterocycles. The topological polar surface area (TPSA) is 143 Å². The number of carbonyl (C=O) groups excluding carboxylic acids is 2. The minimum absolute atomic E-state index is 0.0312. The summed E-state index contributed by atoms with van der Waals surface area (Å²) in [5, 5.41) is 7.46. The van der Waals surface area contributed by atoms with Crippen LogP contribution in [0.3, 0.4) is 0 Å². The highest BCUT2D eigenvalue weighted by Gasteiger charge is 2.36. The van der Waals surface area contributed by atoms with Gasteiger partial charge in [0.25, 0.3) is 5.91 Å². The van der Waals surface area contributed by atoms with E-state index in [9.17, 15) is 35.9 Å². The van der Waals surface area contributed by atoms with E-state index in [1.54, 1.807) is 30.3 Å². The Bertz CT molecular complexity index is 1970. The molecule has 4 aromatic rings. The normalized spacial score (nSPS) is 14.6. The van der Waals surface area contributed by atoms with Gasteiger partial charge in [-0.25, -0.2) is 4.79 Å². The Balaban J connectivity index is 0.000000281. The fourth-order valence-corrected chi connectivity index (χ4v) is 6.19. The Morgan fingerprint density at radius 3 is 1.76 bits per heavy atom. The molecule has 0 bridgehead atoms. The Morgan fingerprint density at radius 2 is 1.21 bits per heavy atom. The van der Waals surface area contributed by atoms with Gasteiger partial charge in [0, 0.05) is 49.5 Å². The molecular weight excluding hydrogens is 772 g/mol. The summed E-state index contributed by atoms with van der Waals surface area (Å²) >= 11 is 0. The van der Waals surface area contributed by atoms with Crippen molar-refractivity contribution < 1.29 is 50.1 Å². The molecule has 0 aliphatic carbocycles.